The number of ether oxygens (including phenoxy) is 1. The summed E-state index contributed by atoms with van der Waals surface area (Å²) < 4.78 is 20.1. The molecule has 1 aliphatic rings. The maximum Gasteiger partial charge on any atom is 0.280 e. The van der Waals surface area contributed by atoms with Crippen LogP contribution in [0.4, 0.5) is 10.3 Å². The molecule has 8 nitrogen and oxygen atoms in total. The maximum atomic E-state index is 13.4. The van der Waals surface area contributed by atoms with Gasteiger partial charge in [-0.3, -0.25) is 14.3 Å². The number of nitrogens with one attached hydrogen (secondary N) is 1. The first-order valence-corrected chi connectivity index (χ1v) is 5.46. The molecule has 19 heavy (non-hydrogen) atoms. The number of aromatic amines is 1. The second kappa shape index (κ2) is 4.14. The highest BCUT2D eigenvalue weighted by molar-refractivity contribution is 5.70. The van der Waals surface area contributed by atoms with Gasteiger partial charge in [0.15, 0.2) is 17.4 Å². The number of hydrogen-bond acceptors (Lipinski definition) is 6. The second-order valence-corrected chi connectivity index (χ2v) is 4.02. The van der Waals surface area contributed by atoms with Crippen LogP contribution in [0.15, 0.2) is 23.0 Å². The van der Waals surface area contributed by atoms with Crippen LogP contribution in [0, 0.1) is 0 Å². The van der Waals surface area contributed by atoms with E-state index < -0.39 is 30.3 Å². The number of rotatable bonds is 2. The molecule has 0 amide bonds. The van der Waals surface area contributed by atoms with Gasteiger partial charge in [-0.2, -0.15) is 4.98 Å². The van der Waals surface area contributed by atoms with Crippen LogP contribution in [0.2, 0.25) is 0 Å². The van der Waals surface area contributed by atoms with Crippen LogP contribution in [0.5, 0.6) is 0 Å². The standard InChI is InChI=1S/C10H10FN5O3/c11-4-1-6(19-5(4)2-17)16-3-13-7-8(16)14-10(12)15-9(7)18/h1,3,5-6,17H,2H2,(H3,12,14,15,18)/t5-,6+/m0/s1. The van der Waals surface area contributed by atoms with Crippen LogP contribution in [0.1, 0.15) is 6.23 Å². The fourth-order valence-electron chi connectivity index (χ4n) is 1.92. The zero-order valence-electron chi connectivity index (χ0n) is 9.58. The third-order valence-electron chi connectivity index (χ3n) is 2.80. The van der Waals surface area contributed by atoms with E-state index in [4.69, 9.17) is 15.6 Å². The summed E-state index contributed by atoms with van der Waals surface area (Å²) in [6.07, 6.45) is 0.652. The van der Waals surface area contributed by atoms with Crippen molar-refractivity contribution in [2.45, 2.75) is 12.3 Å². The Morgan fingerprint density at radius 3 is 3.11 bits per heavy atom. The van der Waals surface area contributed by atoms with E-state index in [1.54, 1.807) is 0 Å². The number of imidazole rings is 1. The molecule has 2 aromatic rings. The van der Waals surface area contributed by atoms with Crippen LogP contribution in [0.25, 0.3) is 11.2 Å². The van der Waals surface area contributed by atoms with Crippen LogP contribution in [-0.2, 0) is 4.74 Å². The summed E-state index contributed by atoms with van der Waals surface area (Å²) in [5.74, 6) is -0.646. The molecule has 3 heterocycles. The van der Waals surface area contributed by atoms with Crippen molar-refractivity contribution >= 4 is 17.1 Å². The molecule has 4 N–H and O–H groups in total. The molecule has 100 valence electrons. The Morgan fingerprint density at radius 2 is 2.42 bits per heavy atom. The van der Waals surface area contributed by atoms with Crippen molar-refractivity contribution in [3.63, 3.8) is 0 Å². The number of anilines is 1. The molecule has 0 aliphatic carbocycles. The Kier molecular flexibility index (Phi) is 2.57. The Morgan fingerprint density at radius 1 is 1.63 bits per heavy atom. The zero-order chi connectivity index (χ0) is 13.6. The first kappa shape index (κ1) is 11.8. The van der Waals surface area contributed by atoms with Gasteiger partial charge in [-0.05, 0) is 6.08 Å². The monoisotopic (exact) mass is 267 g/mol. The number of aliphatic hydroxyl groups excluding tert-OH is 1. The van der Waals surface area contributed by atoms with Crippen molar-refractivity contribution in [3.8, 4) is 0 Å². The molecule has 0 bridgehead atoms. The molecule has 2 atom stereocenters. The van der Waals surface area contributed by atoms with Gasteiger partial charge in [0.25, 0.3) is 5.56 Å². The number of halogens is 1. The largest absolute Gasteiger partial charge is 0.393 e. The summed E-state index contributed by atoms with van der Waals surface area (Å²) in [6.45, 7) is -0.471. The first-order valence-electron chi connectivity index (χ1n) is 5.46. The van der Waals surface area contributed by atoms with Gasteiger partial charge in [-0.1, -0.05) is 0 Å². The summed E-state index contributed by atoms with van der Waals surface area (Å²) in [5, 5.41) is 8.93. The SMILES string of the molecule is Nc1nc2c(ncn2[C@H]2C=C(F)[C@H](CO)O2)c(=O)[nH]1. The van der Waals surface area contributed by atoms with E-state index in [1.165, 1.54) is 17.0 Å². The van der Waals surface area contributed by atoms with E-state index >= 15 is 0 Å². The molecule has 0 saturated carbocycles. The lowest BCUT2D eigenvalue weighted by atomic mass is 10.3. The highest BCUT2D eigenvalue weighted by atomic mass is 19.1. The number of hydrogen-bond donors (Lipinski definition) is 3. The second-order valence-electron chi connectivity index (χ2n) is 4.02. The molecule has 0 unspecified atom stereocenters. The predicted molar refractivity (Wildman–Crippen MR) is 62.7 cm³/mol. The fraction of sp³-hybridized carbons (Fsp3) is 0.300. The van der Waals surface area contributed by atoms with Gasteiger partial charge in [-0.25, -0.2) is 9.37 Å². The molecular weight excluding hydrogens is 257 g/mol. The number of nitrogens with two attached hydrogens (primary N) is 1. The van der Waals surface area contributed by atoms with Gasteiger partial charge in [-0.15, -0.1) is 0 Å². The molecule has 3 rings (SSSR count). The first-order chi connectivity index (χ1) is 9.10. The molecule has 0 spiro atoms. The summed E-state index contributed by atoms with van der Waals surface area (Å²) in [4.78, 5) is 21.7. The number of aromatic nitrogens is 4. The molecule has 9 heteroatoms. The van der Waals surface area contributed by atoms with Gasteiger partial charge < -0.3 is 15.6 Å². The lowest BCUT2D eigenvalue weighted by Gasteiger charge is -2.13. The average molecular weight is 267 g/mol. The molecule has 0 aromatic carbocycles. The average Bonchev–Trinajstić information content (AvgIpc) is 2.92. The lowest BCUT2D eigenvalue weighted by Crippen LogP contribution is -2.18. The minimum atomic E-state index is -1.01. The van der Waals surface area contributed by atoms with Crippen molar-refractivity contribution in [1.29, 1.82) is 0 Å². The maximum absolute atomic E-state index is 13.4. The number of nitrogens with zero attached hydrogens (tertiary/aromatic N) is 3. The van der Waals surface area contributed by atoms with Crippen LogP contribution >= 0.6 is 0 Å². The van der Waals surface area contributed by atoms with E-state index in [2.05, 4.69) is 15.0 Å². The summed E-state index contributed by atoms with van der Waals surface area (Å²) >= 11 is 0. The molecule has 0 saturated heterocycles. The molecule has 0 fully saturated rings. The van der Waals surface area contributed by atoms with E-state index in [0.29, 0.717) is 0 Å². The Labute approximate surface area is 105 Å². The van der Waals surface area contributed by atoms with Gasteiger partial charge >= 0.3 is 0 Å². The van der Waals surface area contributed by atoms with Crippen LogP contribution in [-0.4, -0.2) is 37.3 Å². The van der Waals surface area contributed by atoms with Crippen molar-refractivity contribution in [1.82, 2.24) is 19.5 Å². The highest BCUT2D eigenvalue weighted by Gasteiger charge is 2.29. The molecule has 1 aliphatic heterocycles. The normalized spacial score (nSPS) is 22.9. The van der Waals surface area contributed by atoms with E-state index in [9.17, 15) is 9.18 Å². The number of nitrogen functional groups attached to an aromatic ring is 1. The van der Waals surface area contributed by atoms with Crippen LogP contribution in [0.3, 0.4) is 0 Å². The molecule has 2 aromatic heterocycles. The Hall–Kier alpha value is -2.26. The highest BCUT2D eigenvalue weighted by Crippen LogP contribution is 2.29. The van der Waals surface area contributed by atoms with E-state index in [-0.39, 0.29) is 17.1 Å². The third kappa shape index (κ3) is 1.79. The number of H-pyrrole nitrogens is 1. The minimum absolute atomic E-state index is 0.0691. The van der Waals surface area contributed by atoms with E-state index in [1.807, 2.05) is 0 Å². The lowest BCUT2D eigenvalue weighted by molar-refractivity contribution is -0.0163. The molecular formula is C10H10FN5O3. The van der Waals surface area contributed by atoms with Gasteiger partial charge in [0.1, 0.15) is 11.9 Å². The summed E-state index contributed by atoms with van der Waals surface area (Å²) in [5.41, 5.74) is 5.24. The topological polar surface area (TPSA) is 119 Å². The number of aliphatic hydroxyl groups is 1. The minimum Gasteiger partial charge on any atom is -0.393 e. The Balaban J connectivity index is 2.10. The van der Waals surface area contributed by atoms with Crippen molar-refractivity contribution < 1.29 is 14.2 Å². The van der Waals surface area contributed by atoms with Gasteiger partial charge in [0.2, 0.25) is 5.95 Å². The molecule has 0 radical (unpaired) electrons. The van der Waals surface area contributed by atoms with Crippen LogP contribution < -0.4 is 11.3 Å². The van der Waals surface area contributed by atoms with Crippen molar-refractivity contribution in [2.75, 3.05) is 12.3 Å². The summed E-state index contributed by atoms with van der Waals surface area (Å²) in [7, 11) is 0. The Bertz CT molecular complexity index is 722. The fourth-order valence-corrected chi connectivity index (χ4v) is 1.92. The summed E-state index contributed by atoms with van der Waals surface area (Å²) in [6, 6.07) is 0. The quantitative estimate of drug-likeness (QED) is 0.671. The third-order valence-corrected chi connectivity index (χ3v) is 2.80. The van der Waals surface area contributed by atoms with Crippen molar-refractivity contribution in [3.05, 3.63) is 28.6 Å². The smallest absolute Gasteiger partial charge is 0.280 e. The van der Waals surface area contributed by atoms with Gasteiger partial charge in [0, 0.05) is 0 Å². The van der Waals surface area contributed by atoms with Gasteiger partial charge in [0.05, 0.1) is 12.9 Å². The zero-order valence-corrected chi connectivity index (χ0v) is 9.58. The van der Waals surface area contributed by atoms with E-state index in [0.717, 1.165) is 0 Å². The van der Waals surface area contributed by atoms with Crippen molar-refractivity contribution in [2.24, 2.45) is 0 Å². The predicted octanol–water partition coefficient (Wildman–Crippen LogP) is -0.555. The number of fused-ring (bicyclic) bond motifs is 1.